The molecule has 126 valence electrons. The molecule has 0 aromatic heterocycles. The Morgan fingerprint density at radius 3 is 2.74 bits per heavy atom. The molecular formula is C13H14F2N2O5S. The number of benzene rings is 1. The summed E-state index contributed by atoms with van der Waals surface area (Å²) in [6.45, 7) is -0.118. The van der Waals surface area contributed by atoms with Crippen molar-refractivity contribution in [1.82, 2.24) is 5.32 Å². The fourth-order valence-electron chi connectivity index (χ4n) is 2.43. The molecule has 0 bridgehead atoms. The Bertz CT molecular complexity index is 738. The summed E-state index contributed by atoms with van der Waals surface area (Å²) in [5.41, 5.74) is 0.402. The molecule has 0 aliphatic carbocycles. The van der Waals surface area contributed by atoms with Crippen LogP contribution in [0.3, 0.4) is 0 Å². The van der Waals surface area contributed by atoms with E-state index in [9.17, 15) is 22.0 Å². The normalized spacial score (nSPS) is 23.5. The second-order valence-electron chi connectivity index (χ2n) is 5.35. The molecule has 23 heavy (non-hydrogen) atoms. The van der Waals surface area contributed by atoms with Crippen LogP contribution < -0.4 is 20.1 Å². The largest absolute Gasteiger partial charge is 0.586 e. The van der Waals surface area contributed by atoms with Crippen molar-refractivity contribution in [3.8, 4) is 11.5 Å². The summed E-state index contributed by atoms with van der Waals surface area (Å²) in [4.78, 5) is 11.8. The summed E-state index contributed by atoms with van der Waals surface area (Å²) in [5, 5.41) is 5.37. The van der Waals surface area contributed by atoms with Crippen LogP contribution in [-0.4, -0.2) is 44.7 Å². The number of rotatable bonds is 4. The molecule has 2 aliphatic heterocycles. The van der Waals surface area contributed by atoms with Crippen molar-refractivity contribution < 1.29 is 31.5 Å². The predicted octanol–water partition coefficient (Wildman–Crippen LogP) is 0.723. The molecule has 1 saturated heterocycles. The minimum absolute atomic E-state index is 0.0577. The average molecular weight is 348 g/mol. The molecule has 1 atom stereocenters. The molecule has 1 fully saturated rings. The molecule has 3 rings (SSSR count). The monoisotopic (exact) mass is 348 g/mol. The van der Waals surface area contributed by atoms with Gasteiger partial charge in [0, 0.05) is 17.8 Å². The Morgan fingerprint density at radius 2 is 2.04 bits per heavy atom. The molecule has 1 amide bonds. The van der Waals surface area contributed by atoms with Crippen molar-refractivity contribution in [2.45, 2.75) is 18.8 Å². The summed E-state index contributed by atoms with van der Waals surface area (Å²) in [7, 11) is -3.06. The first-order chi connectivity index (χ1) is 10.7. The number of alkyl halides is 2. The second-order valence-corrected chi connectivity index (χ2v) is 7.58. The first-order valence-electron chi connectivity index (χ1n) is 6.86. The van der Waals surface area contributed by atoms with Crippen molar-refractivity contribution >= 4 is 21.4 Å². The molecule has 0 saturated carbocycles. The fraction of sp³-hybridized carbons (Fsp3) is 0.462. The van der Waals surface area contributed by atoms with Crippen LogP contribution in [0.15, 0.2) is 18.2 Å². The number of nitrogens with one attached hydrogen (secondary N) is 2. The fourth-order valence-corrected chi connectivity index (χ4v) is 4.10. The second kappa shape index (κ2) is 5.52. The molecule has 1 aromatic carbocycles. The number of amides is 1. The number of halogens is 2. The standard InChI is InChI=1S/C13H14F2N2O5S/c14-13(15)21-10-2-1-8(5-11(10)22-13)16-6-12(18)17-9-3-4-23(19,20)7-9/h1-2,5,9,16H,3-4,6-7H2,(H,17,18). The summed E-state index contributed by atoms with van der Waals surface area (Å²) in [6.07, 6.45) is -3.29. The van der Waals surface area contributed by atoms with Crippen molar-refractivity contribution in [2.24, 2.45) is 0 Å². The van der Waals surface area contributed by atoms with Crippen molar-refractivity contribution in [3.63, 3.8) is 0 Å². The Morgan fingerprint density at radius 1 is 1.30 bits per heavy atom. The predicted molar refractivity (Wildman–Crippen MR) is 76.3 cm³/mol. The van der Waals surface area contributed by atoms with Crippen molar-refractivity contribution in [3.05, 3.63) is 18.2 Å². The Balaban J connectivity index is 1.52. The van der Waals surface area contributed by atoms with E-state index in [1.54, 1.807) is 0 Å². The number of fused-ring (bicyclic) bond motifs is 1. The molecule has 0 spiro atoms. The van der Waals surface area contributed by atoms with Gasteiger partial charge in [-0.05, 0) is 18.6 Å². The zero-order chi connectivity index (χ0) is 16.7. The number of anilines is 1. The van der Waals surface area contributed by atoms with E-state index in [1.165, 1.54) is 18.2 Å². The number of ether oxygens (including phenoxy) is 2. The minimum Gasteiger partial charge on any atom is -0.395 e. The lowest BCUT2D eigenvalue weighted by atomic mass is 10.2. The van der Waals surface area contributed by atoms with Gasteiger partial charge in [-0.25, -0.2) is 8.42 Å². The van der Waals surface area contributed by atoms with E-state index in [-0.39, 0.29) is 41.5 Å². The lowest BCUT2D eigenvalue weighted by Crippen LogP contribution is -2.39. The molecule has 2 aliphatic rings. The third kappa shape index (κ3) is 3.81. The topological polar surface area (TPSA) is 93.7 Å². The lowest BCUT2D eigenvalue weighted by molar-refractivity contribution is -0.286. The Labute approximate surface area is 130 Å². The number of hydrogen-bond acceptors (Lipinski definition) is 6. The van der Waals surface area contributed by atoms with E-state index in [2.05, 4.69) is 20.1 Å². The van der Waals surface area contributed by atoms with Crippen molar-refractivity contribution in [1.29, 1.82) is 0 Å². The molecule has 7 nitrogen and oxygen atoms in total. The maximum absolute atomic E-state index is 12.9. The van der Waals surface area contributed by atoms with Gasteiger partial charge in [0.25, 0.3) is 0 Å². The zero-order valence-electron chi connectivity index (χ0n) is 11.8. The van der Waals surface area contributed by atoms with E-state index < -0.39 is 16.1 Å². The van der Waals surface area contributed by atoms with Crippen LogP contribution in [0.1, 0.15) is 6.42 Å². The van der Waals surface area contributed by atoms with Gasteiger partial charge in [0.05, 0.1) is 18.1 Å². The van der Waals surface area contributed by atoms with Crippen LogP contribution in [0.25, 0.3) is 0 Å². The highest BCUT2D eigenvalue weighted by Crippen LogP contribution is 2.42. The van der Waals surface area contributed by atoms with E-state index in [0.717, 1.165) is 0 Å². The maximum atomic E-state index is 12.9. The van der Waals surface area contributed by atoms with Crippen LogP contribution in [0.4, 0.5) is 14.5 Å². The number of sulfone groups is 1. The third-order valence-electron chi connectivity index (χ3n) is 3.45. The summed E-state index contributed by atoms with van der Waals surface area (Å²) in [5.74, 6) is -0.571. The maximum Gasteiger partial charge on any atom is 0.586 e. The Kier molecular flexibility index (Phi) is 3.78. The summed E-state index contributed by atoms with van der Waals surface area (Å²) < 4.78 is 57.0. The van der Waals surface area contributed by atoms with Crippen LogP contribution in [0, 0.1) is 0 Å². The molecular weight excluding hydrogens is 334 g/mol. The quantitative estimate of drug-likeness (QED) is 0.833. The molecule has 10 heteroatoms. The van der Waals surface area contributed by atoms with Crippen LogP contribution >= 0.6 is 0 Å². The van der Waals surface area contributed by atoms with Crippen LogP contribution in [0.2, 0.25) is 0 Å². The van der Waals surface area contributed by atoms with Crippen molar-refractivity contribution in [2.75, 3.05) is 23.4 Å². The highest BCUT2D eigenvalue weighted by molar-refractivity contribution is 7.91. The highest BCUT2D eigenvalue weighted by atomic mass is 32.2. The Hall–Kier alpha value is -2.10. The van der Waals surface area contributed by atoms with Gasteiger partial charge in [0.15, 0.2) is 21.3 Å². The average Bonchev–Trinajstić information content (AvgIpc) is 2.93. The molecule has 0 radical (unpaired) electrons. The van der Waals surface area contributed by atoms with Gasteiger partial charge in [-0.15, -0.1) is 8.78 Å². The molecule has 1 aromatic rings. The van der Waals surface area contributed by atoms with Gasteiger partial charge in [-0.2, -0.15) is 0 Å². The molecule has 2 heterocycles. The first-order valence-corrected chi connectivity index (χ1v) is 8.68. The number of carbonyl (C=O) groups is 1. The van der Waals surface area contributed by atoms with E-state index in [4.69, 9.17) is 0 Å². The van der Waals surface area contributed by atoms with Gasteiger partial charge in [0.2, 0.25) is 5.91 Å². The van der Waals surface area contributed by atoms with E-state index >= 15 is 0 Å². The van der Waals surface area contributed by atoms with Crippen LogP contribution in [-0.2, 0) is 14.6 Å². The van der Waals surface area contributed by atoms with Gasteiger partial charge < -0.3 is 20.1 Å². The van der Waals surface area contributed by atoms with E-state index in [0.29, 0.717) is 12.1 Å². The third-order valence-corrected chi connectivity index (χ3v) is 5.22. The smallest absolute Gasteiger partial charge is 0.395 e. The first kappa shape index (κ1) is 15.8. The summed E-state index contributed by atoms with van der Waals surface area (Å²) >= 11 is 0. The van der Waals surface area contributed by atoms with Gasteiger partial charge in [-0.3, -0.25) is 4.79 Å². The molecule has 1 unspecified atom stereocenters. The van der Waals surface area contributed by atoms with Gasteiger partial charge in [0.1, 0.15) is 0 Å². The van der Waals surface area contributed by atoms with E-state index in [1.807, 2.05) is 0 Å². The zero-order valence-corrected chi connectivity index (χ0v) is 12.7. The van der Waals surface area contributed by atoms with Crippen LogP contribution in [0.5, 0.6) is 11.5 Å². The lowest BCUT2D eigenvalue weighted by Gasteiger charge is -2.12. The SMILES string of the molecule is O=C(CNc1ccc2c(c1)OC(F)(F)O2)NC1CCS(=O)(=O)C1. The minimum atomic E-state index is -3.69. The number of carbonyl (C=O) groups excluding carboxylic acids is 1. The molecule has 2 N–H and O–H groups in total. The number of hydrogen-bond donors (Lipinski definition) is 2. The highest BCUT2D eigenvalue weighted by Gasteiger charge is 2.43. The van der Waals surface area contributed by atoms with Gasteiger partial charge in [-0.1, -0.05) is 0 Å². The van der Waals surface area contributed by atoms with Gasteiger partial charge >= 0.3 is 6.29 Å². The summed E-state index contributed by atoms with van der Waals surface area (Å²) in [6, 6.07) is 3.69.